The van der Waals surface area contributed by atoms with Crippen LogP contribution in [-0.4, -0.2) is 26.3 Å². The number of nitrogens with zero attached hydrogens (tertiary/aromatic N) is 1. The van der Waals surface area contributed by atoms with Crippen LogP contribution in [0.3, 0.4) is 0 Å². The number of hydrogen-bond acceptors (Lipinski definition) is 3. The van der Waals surface area contributed by atoms with Gasteiger partial charge >= 0.3 is 0 Å². The largest absolute Gasteiger partial charge is 0.335 e. The lowest BCUT2D eigenvalue weighted by Crippen LogP contribution is -2.29. The highest BCUT2D eigenvalue weighted by Gasteiger charge is 2.21. The molecule has 3 aromatic rings. The summed E-state index contributed by atoms with van der Waals surface area (Å²) in [6, 6.07) is 15.4. The Kier molecular flexibility index (Phi) is 6.40. The molecular weight excluding hydrogens is 422 g/mol. The Labute approximate surface area is 180 Å². The van der Waals surface area contributed by atoms with E-state index in [1.165, 1.54) is 42.3 Å². The minimum atomic E-state index is -3.81. The molecule has 1 unspecified atom stereocenters. The van der Waals surface area contributed by atoms with Crippen molar-refractivity contribution in [2.24, 2.45) is 0 Å². The normalized spacial score (nSPS) is 12.3. The zero-order chi connectivity index (χ0) is 22.8. The minimum absolute atomic E-state index is 0.0148. The predicted octanol–water partition coefficient (Wildman–Crippen LogP) is 4.91. The smallest absolute Gasteiger partial charge is 0.261 e. The van der Waals surface area contributed by atoms with Gasteiger partial charge in [-0.25, -0.2) is 17.2 Å². The molecule has 0 aliphatic heterocycles. The van der Waals surface area contributed by atoms with Gasteiger partial charge in [0.15, 0.2) is 11.6 Å². The van der Waals surface area contributed by atoms with E-state index >= 15 is 0 Å². The van der Waals surface area contributed by atoms with Gasteiger partial charge in [-0.3, -0.25) is 9.52 Å². The third-order valence-corrected chi connectivity index (χ3v) is 6.44. The number of rotatable bonds is 6. The highest BCUT2D eigenvalue weighted by Crippen LogP contribution is 2.23. The molecule has 31 heavy (non-hydrogen) atoms. The first-order chi connectivity index (χ1) is 14.6. The van der Waals surface area contributed by atoms with E-state index in [0.717, 1.165) is 17.7 Å². The fourth-order valence-corrected chi connectivity index (χ4v) is 4.05. The summed E-state index contributed by atoms with van der Waals surface area (Å²) in [4.78, 5) is 14.2. The average molecular weight is 445 g/mol. The fourth-order valence-electron chi connectivity index (χ4n) is 2.99. The lowest BCUT2D eigenvalue weighted by Gasteiger charge is -2.25. The molecule has 0 aromatic heterocycles. The molecule has 1 N–H and O–H groups in total. The summed E-state index contributed by atoms with van der Waals surface area (Å²) in [6.45, 7) is 3.59. The molecule has 0 saturated heterocycles. The Morgan fingerprint density at radius 1 is 0.935 bits per heavy atom. The number of sulfonamides is 1. The van der Waals surface area contributed by atoms with Gasteiger partial charge in [-0.05, 0) is 67.9 Å². The Morgan fingerprint density at radius 3 is 2.13 bits per heavy atom. The zero-order valence-corrected chi connectivity index (χ0v) is 18.1. The number of nitrogens with one attached hydrogen (secondary N) is 1. The number of benzene rings is 3. The molecule has 162 valence electrons. The molecule has 5 nitrogen and oxygen atoms in total. The van der Waals surface area contributed by atoms with Gasteiger partial charge in [0.1, 0.15) is 0 Å². The van der Waals surface area contributed by atoms with Gasteiger partial charge in [0.25, 0.3) is 15.9 Å². The molecule has 0 spiro atoms. The van der Waals surface area contributed by atoms with Crippen LogP contribution < -0.4 is 4.72 Å². The van der Waals surface area contributed by atoms with E-state index in [1.807, 2.05) is 6.92 Å². The highest BCUT2D eigenvalue weighted by atomic mass is 32.2. The molecule has 3 aromatic carbocycles. The second-order valence-corrected chi connectivity index (χ2v) is 8.94. The Balaban J connectivity index is 1.75. The number of aryl methyl sites for hydroxylation is 1. The summed E-state index contributed by atoms with van der Waals surface area (Å²) in [5.41, 5.74) is 2.15. The summed E-state index contributed by atoms with van der Waals surface area (Å²) in [7, 11) is -2.27. The monoisotopic (exact) mass is 444 g/mol. The van der Waals surface area contributed by atoms with Gasteiger partial charge in [0, 0.05) is 18.3 Å². The molecule has 8 heteroatoms. The molecule has 0 saturated carbocycles. The van der Waals surface area contributed by atoms with E-state index in [1.54, 1.807) is 31.2 Å². The maximum atomic E-state index is 13.5. The van der Waals surface area contributed by atoms with Crippen molar-refractivity contribution < 1.29 is 22.0 Å². The highest BCUT2D eigenvalue weighted by molar-refractivity contribution is 7.92. The lowest BCUT2D eigenvalue weighted by atomic mass is 10.1. The molecule has 3 rings (SSSR count). The summed E-state index contributed by atoms with van der Waals surface area (Å²) < 4.78 is 54.3. The van der Waals surface area contributed by atoms with Crippen LogP contribution in [0.2, 0.25) is 0 Å². The molecule has 0 radical (unpaired) electrons. The van der Waals surface area contributed by atoms with Gasteiger partial charge in [0.2, 0.25) is 0 Å². The number of halogens is 2. The van der Waals surface area contributed by atoms with Crippen molar-refractivity contribution in [1.82, 2.24) is 4.90 Å². The molecule has 0 fully saturated rings. The van der Waals surface area contributed by atoms with Gasteiger partial charge in [-0.2, -0.15) is 0 Å². The van der Waals surface area contributed by atoms with E-state index in [-0.39, 0.29) is 16.4 Å². The number of carbonyl (C=O) groups excluding carboxylic acids is 1. The van der Waals surface area contributed by atoms with Crippen LogP contribution >= 0.6 is 0 Å². The molecule has 1 atom stereocenters. The Hall–Kier alpha value is -3.26. The maximum Gasteiger partial charge on any atom is 0.261 e. The van der Waals surface area contributed by atoms with Crippen molar-refractivity contribution in [3.63, 3.8) is 0 Å². The summed E-state index contributed by atoms with van der Waals surface area (Å²) in [5, 5.41) is 0. The maximum absolute atomic E-state index is 13.5. The summed E-state index contributed by atoms with van der Waals surface area (Å²) >= 11 is 0. The molecular formula is C23H22F2N2O3S. The zero-order valence-electron chi connectivity index (χ0n) is 17.3. The lowest BCUT2D eigenvalue weighted by molar-refractivity contribution is 0.0742. The molecule has 1 amide bonds. The second kappa shape index (κ2) is 8.85. The topological polar surface area (TPSA) is 66.5 Å². The predicted molar refractivity (Wildman–Crippen MR) is 115 cm³/mol. The standard InChI is InChI=1S/C23H22F2N2O3S/c1-15-4-9-19(10-5-15)26-31(29,30)20-11-6-17(7-12-20)23(28)27(3)16(2)18-8-13-21(24)22(25)14-18/h4-14,16,26H,1-3H3. The van der Waals surface area contributed by atoms with Crippen LogP contribution in [0.15, 0.2) is 71.6 Å². The van der Waals surface area contributed by atoms with Crippen LogP contribution in [0.25, 0.3) is 0 Å². The average Bonchev–Trinajstić information content (AvgIpc) is 2.75. The third kappa shape index (κ3) is 5.08. The molecule has 0 bridgehead atoms. The number of carbonyl (C=O) groups is 1. The van der Waals surface area contributed by atoms with Crippen LogP contribution in [-0.2, 0) is 10.0 Å². The minimum Gasteiger partial charge on any atom is -0.335 e. The van der Waals surface area contributed by atoms with E-state index < -0.39 is 27.7 Å². The second-order valence-electron chi connectivity index (χ2n) is 7.26. The van der Waals surface area contributed by atoms with Crippen molar-refractivity contribution >= 4 is 21.6 Å². The van der Waals surface area contributed by atoms with Crippen LogP contribution in [0, 0.1) is 18.6 Å². The van der Waals surface area contributed by atoms with Crippen LogP contribution in [0.4, 0.5) is 14.5 Å². The van der Waals surface area contributed by atoms with Crippen molar-refractivity contribution in [2.45, 2.75) is 24.8 Å². The van der Waals surface area contributed by atoms with Crippen molar-refractivity contribution in [3.8, 4) is 0 Å². The van der Waals surface area contributed by atoms with E-state index in [2.05, 4.69) is 4.72 Å². The van der Waals surface area contributed by atoms with Gasteiger partial charge in [0.05, 0.1) is 10.9 Å². The van der Waals surface area contributed by atoms with Crippen LogP contribution in [0.5, 0.6) is 0 Å². The van der Waals surface area contributed by atoms with E-state index in [4.69, 9.17) is 0 Å². The van der Waals surface area contributed by atoms with Gasteiger partial charge in [-0.1, -0.05) is 23.8 Å². The Bertz CT molecular complexity index is 1190. The number of hydrogen-bond donors (Lipinski definition) is 1. The first-order valence-corrected chi connectivity index (χ1v) is 11.0. The SMILES string of the molecule is Cc1ccc(NS(=O)(=O)c2ccc(C(=O)N(C)C(C)c3ccc(F)c(F)c3)cc2)cc1. The quantitative estimate of drug-likeness (QED) is 0.588. The fraction of sp³-hybridized carbons (Fsp3) is 0.174. The number of amides is 1. The first-order valence-electron chi connectivity index (χ1n) is 9.50. The van der Waals surface area contributed by atoms with E-state index in [9.17, 15) is 22.0 Å². The summed E-state index contributed by atoms with van der Waals surface area (Å²) in [6.07, 6.45) is 0. The third-order valence-electron chi connectivity index (χ3n) is 5.04. The van der Waals surface area contributed by atoms with Crippen LogP contribution in [0.1, 0.15) is 34.5 Å². The van der Waals surface area contributed by atoms with Gasteiger partial charge < -0.3 is 4.90 Å². The Morgan fingerprint density at radius 2 is 1.55 bits per heavy atom. The first kappa shape index (κ1) is 22.4. The van der Waals surface area contributed by atoms with E-state index in [0.29, 0.717) is 11.3 Å². The van der Waals surface area contributed by atoms with Gasteiger partial charge in [-0.15, -0.1) is 0 Å². The molecule has 0 aliphatic rings. The molecule has 0 aliphatic carbocycles. The molecule has 0 heterocycles. The summed E-state index contributed by atoms with van der Waals surface area (Å²) in [5.74, 6) is -2.32. The van der Waals surface area contributed by atoms with Crippen molar-refractivity contribution in [2.75, 3.05) is 11.8 Å². The number of anilines is 1. The van der Waals surface area contributed by atoms with Crippen molar-refractivity contribution in [1.29, 1.82) is 0 Å². The van der Waals surface area contributed by atoms with Crippen molar-refractivity contribution in [3.05, 3.63) is 95.1 Å².